The number of carbonyl (C=O) groups excluding carboxylic acids is 1. The van der Waals surface area contributed by atoms with E-state index < -0.39 is 5.60 Å². The van der Waals surface area contributed by atoms with Crippen LogP contribution in [-0.2, 0) is 11.2 Å². The Hall–Kier alpha value is -0.870. The number of carbonyl (C=O) groups is 1. The summed E-state index contributed by atoms with van der Waals surface area (Å²) in [5.41, 5.74) is -0.677. The van der Waals surface area contributed by atoms with Crippen molar-refractivity contribution >= 4 is 17.2 Å². The molecule has 1 fully saturated rings. The molecule has 0 spiro atoms. The molecule has 1 saturated heterocycles. The summed E-state index contributed by atoms with van der Waals surface area (Å²) in [5, 5.41) is 11.9. The average molecular weight is 253 g/mol. The maximum atomic E-state index is 11.9. The second kappa shape index (κ2) is 5.19. The molecular formula is C13H19NO2S. The third-order valence-corrected chi connectivity index (χ3v) is 4.13. The van der Waals surface area contributed by atoms with Crippen molar-refractivity contribution < 1.29 is 9.90 Å². The van der Waals surface area contributed by atoms with Crippen LogP contribution in [0, 0.1) is 0 Å². The predicted molar refractivity (Wildman–Crippen MR) is 69.1 cm³/mol. The summed E-state index contributed by atoms with van der Waals surface area (Å²) in [5.74, 6) is 0.180. The van der Waals surface area contributed by atoms with E-state index >= 15 is 0 Å². The number of thiophene rings is 1. The highest BCUT2D eigenvalue weighted by Crippen LogP contribution is 2.21. The molecule has 0 aliphatic carbocycles. The van der Waals surface area contributed by atoms with Crippen molar-refractivity contribution in [2.75, 3.05) is 13.1 Å². The molecule has 2 rings (SSSR count). The van der Waals surface area contributed by atoms with Gasteiger partial charge in [0.15, 0.2) is 0 Å². The number of hydrogen-bond donors (Lipinski definition) is 1. The molecule has 1 N–H and O–H groups in total. The van der Waals surface area contributed by atoms with Crippen LogP contribution in [0.5, 0.6) is 0 Å². The first-order chi connectivity index (χ1) is 8.07. The lowest BCUT2D eigenvalue weighted by molar-refractivity contribution is -0.131. The zero-order valence-corrected chi connectivity index (χ0v) is 11.0. The van der Waals surface area contributed by atoms with E-state index in [1.165, 1.54) is 4.88 Å². The van der Waals surface area contributed by atoms with E-state index in [1.807, 2.05) is 6.07 Å². The third kappa shape index (κ3) is 3.54. The van der Waals surface area contributed by atoms with Crippen LogP contribution < -0.4 is 0 Å². The molecule has 1 aromatic heterocycles. The number of rotatable bonds is 4. The molecular weight excluding hydrogens is 234 g/mol. The van der Waals surface area contributed by atoms with Gasteiger partial charge in [0.1, 0.15) is 0 Å². The Morgan fingerprint density at radius 2 is 2.47 bits per heavy atom. The molecule has 17 heavy (non-hydrogen) atoms. The maximum Gasteiger partial charge on any atom is 0.222 e. The number of aliphatic hydroxyl groups is 1. The number of β-amino-alcohol motifs (C(OH)–C–C–N with tert-alkyl or cyclic N) is 1. The minimum atomic E-state index is -0.677. The Bertz CT molecular complexity index is 373. The second-order valence-electron chi connectivity index (χ2n) is 5.00. The first kappa shape index (κ1) is 12.6. The lowest BCUT2D eigenvalue weighted by Gasteiger charge is -2.18. The summed E-state index contributed by atoms with van der Waals surface area (Å²) in [6, 6.07) is 4.15. The van der Waals surface area contributed by atoms with Crippen LogP contribution in [-0.4, -0.2) is 34.6 Å². The molecule has 3 nitrogen and oxygen atoms in total. The van der Waals surface area contributed by atoms with E-state index in [0.29, 0.717) is 25.9 Å². The van der Waals surface area contributed by atoms with Crippen LogP contribution in [0.15, 0.2) is 17.5 Å². The van der Waals surface area contributed by atoms with Gasteiger partial charge in [-0.15, -0.1) is 11.3 Å². The summed E-state index contributed by atoms with van der Waals surface area (Å²) < 4.78 is 0. The highest BCUT2D eigenvalue weighted by molar-refractivity contribution is 7.09. The van der Waals surface area contributed by atoms with E-state index in [9.17, 15) is 9.90 Å². The van der Waals surface area contributed by atoms with Crippen LogP contribution in [0.1, 0.15) is 31.1 Å². The van der Waals surface area contributed by atoms with Crippen molar-refractivity contribution in [3.05, 3.63) is 22.4 Å². The Morgan fingerprint density at radius 3 is 3.06 bits per heavy atom. The summed E-state index contributed by atoms with van der Waals surface area (Å²) in [6.07, 6.45) is 3.17. The first-order valence-electron chi connectivity index (χ1n) is 6.09. The van der Waals surface area contributed by atoms with Gasteiger partial charge in [-0.05, 0) is 37.6 Å². The molecule has 1 atom stereocenters. The second-order valence-corrected chi connectivity index (χ2v) is 6.03. The highest BCUT2D eigenvalue weighted by atomic mass is 32.1. The van der Waals surface area contributed by atoms with Crippen molar-refractivity contribution in [3.8, 4) is 0 Å². The van der Waals surface area contributed by atoms with Gasteiger partial charge >= 0.3 is 0 Å². The molecule has 1 aromatic rings. The number of nitrogens with zero attached hydrogens (tertiary/aromatic N) is 1. The quantitative estimate of drug-likeness (QED) is 0.892. The Labute approximate surface area is 106 Å². The SMILES string of the molecule is CC1(O)CCN(C(=O)CCCc2cccs2)C1. The maximum absolute atomic E-state index is 11.9. The highest BCUT2D eigenvalue weighted by Gasteiger charge is 2.33. The van der Waals surface area contributed by atoms with E-state index in [0.717, 1.165) is 12.8 Å². The van der Waals surface area contributed by atoms with Crippen LogP contribution in [0.25, 0.3) is 0 Å². The largest absolute Gasteiger partial charge is 0.388 e. The van der Waals surface area contributed by atoms with E-state index in [1.54, 1.807) is 23.2 Å². The van der Waals surface area contributed by atoms with Crippen molar-refractivity contribution in [1.29, 1.82) is 0 Å². The molecule has 0 radical (unpaired) electrons. The molecule has 1 aliphatic rings. The van der Waals surface area contributed by atoms with E-state index in [2.05, 4.69) is 11.4 Å². The van der Waals surface area contributed by atoms with Crippen LogP contribution in [0.2, 0.25) is 0 Å². The Kier molecular flexibility index (Phi) is 3.84. The molecule has 0 bridgehead atoms. The van der Waals surface area contributed by atoms with E-state index in [-0.39, 0.29) is 5.91 Å². The van der Waals surface area contributed by atoms with Crippen molar-refractivity contribution in [3.63, 3.8) is 0 Å². The zero-order chi connectivity index (χ0) is 12.3. The van der Waals surface area contributed by atoms with Gasteiger partial charge in [-0.1, -0.05) is 6.07 Å². The van der Waals surface area contributed by atoms with Gasteiger partial charge < -0.3 is 10.0 Å². The van der Waals surface area contributed by atoms with Gasteiger partial charge in [-0.2, -0.15) is 0 Å². The summed E-state index contributed by atoms with van der Waals surface area (Å²) in [6.45, 7) is 2.99. The minimum Gasteiger partial charge on any atom is -0.388 e. The van der Waals surface area contributed by atoms with Gasteiger partial charge in [0.05, 0.1) is 5.60 Å². The monoisotopic (exact) mass is 253 g/mol. The summed E-state index contributed by atoms with van der Waals surface area (Å²) >= 11 is 1.74. The summed E-state index contributed by atoms with van der Waals surface area (Å²) in [7, 11) is 0. The Balaban J connectivity index is 1.71. The van der Waals surface area contributed by atoms with Gasteiger partial charge in [0, 0.05) is 24.4 Å². The molecule has 0 aromatic carbocycles. The van der Waals surface area contributed by atoms with Crippen molar-refractivity contribution in [1.82, 2.24) is 4.90 Å². The standard InChI is InChI=1S/C13H19NO2S/c1-13(16)7-8-14(10-13)12(15)6-2-4-11-5-3-9-17-11/h3,5,9,16H,2,4,6-8,10H2,1H3. The van der Waals surface area contributed by atoms with Crippen molar-refractivity contribution in [2.45, 2.75) is 38.2 Å². The normalized spacial score (nSPS) is 24.2. The first-order valence-corrected chi connectivity index (χ1v) is 6.97. The molecule has 0 saturated carbocycles. The molecule has 94 valence electrons. The Morgan fingerprint density at radius 1 is 1.65 bits per heavy atom. The topological polar surface area (TPSA) is 40.5 Å². The molecule has 4 heteroatoms. The van der Waals surface area contributed by atoms with Crippen LogP contribution in [0.3, 0.4) is 0 Å². The van der Waals surface area contributed by atoms with Gasteiger partial charge in [0.2, 0.25) is 5.91 Å². The average Bonchev–Trinajstić information content (AvgIpc) is 2.87. The fourth-order valence-electron chi connectivity index (χ4n) is 2.18. The number of likely N-dealkylation sites (tertiary alicyclic amines) is 1. The smallest absolute Gasteiger partial charge is 0.222 e. The number of hydrogen-bond acceptors (Lipinski definition) is 3. The van der Waals surface area contributed by atoms with E-state index in [4.69, 9.17) is 0 Å². The number of aryl methyl sites for hydroxylation is 1. The fraction of sp³-hybridized carbons (Fsp3) is 0.615. The lowest BCUT2D eigenvalue weighted by atomic mass is 10.1. The van der Waals surface area contributed by atoms with Gasteiger partial charge in [-0.25, -0.2) is 0 Å². The zero-order valence-electron chi connectivity index (χ0n) is 10.2. The molecule has 1 aliphatic heterocycles. The van der Waals surface area contributed by atoms with Crippen LogP contribution in [0.4, 0.5) is 0 Å². The molecule has 1 amide bonds. The predicted octanol–water partition coefficient (Wildman–Crippen LogP) is 2.05. The van der Waals surface area contributed by atoms with Gasteiger partial charge in [-0.3, -0.25) is 4.79 Å². The molecule has 2 heterocycles. The lowest BCUT2D eigenvalue weighted by Crippen LogP contribution is -2.33. The molecule has 1 unspecified atom stereocenters. The fourth-order valence-corrected chi connectivity index (χ4v) is 2.94. The third-order valence-electron chi connectivity index (χ3n) is 3.20. The number of amides is 1. The van der Waals surface area contributed by atoms with Crippen molar-refractivity contribution in [2.24, 2.45) is 0 Å². The minimum absolute atomic E-state index is 0.180. The summed E-state index contributed by atoms with van der Waals surface area (Å²) in [4.78, 5) is 15.0. The van der Waals surface area contributed by atoms with Gasteiger partial charge in [0.25, 0.3) is 0 Å². The van der Waals surface area contributed by atoms with Crippen LogP contribution >= 0.6 is 11.3 Å².